The van der Waals surface area contributed by atoms with Gasteiger partial charge in [-0.05, 0) is 18.2 Å². The van der Waals surface area contributed by atoms with Crippen LogP contribution in [0.5, 0.6) is 0 Å². The van der Waals surface area contributed by atoms with E-state index in [0.717, 1.165) is 6.07 Å². The van der Waals surface area contributed by atoms with Gasteiger partial charge in [-0.2, -0.15) is 0 Å². The quantitative estimate of drug-likeness (QED) is 0.908. The Bertz CT molecular complexity index is 692. The van der Waals surface area contributed by atoms with Gasteiger partial charge in [-0.25, -0.2) is 27.9 Å². The predicted molar refractivity (Wildman–Crippen MR) is 63.8 cm³/mol. The topological polar surface area (TPSA) is 85.9 Å². The number of nitrogens with two attached hydrogens (primary N) is 1. The minimum atomic E-state index is -4.17. The van der Waals surface area contributed by atoms with Crippen molar-refractivity contribution in [1.29, 1.82) is 0 Å². The largest absolute Gasteiger partial charge is 0.245 e. The van der Waals surface area contributed by atoms with Crippen LogP contribution in [0.4, 0.5) is 4.39 Å². The van der Waals surface area contributed by atoms with Crippen LogP contribution >= 0.6 is 11.6 Å². The van der Waals surface area contributed by atoms with Crippen LogP contribution in [0.3, 0.4) is 0 Å². The maximum atomic E-state index is 13.3. The molecule has 5 nitrogen and oxygen atoms in total. The number of rotatable bonds is 2. The Labute approximate surface area is 107 Å². The Morgan fingerprint density at radius 2 is 2.00 bits per heavy atom. The van der Waals surface area contributed by atoms with Crippen molar-refractivity contribution in [2.45, 2.75) is 4.90 Å². The first-order valence-electron chi connectivity index (χ1n) is 4.68. The lowest BCUT2D eigenvalue weighted by Gasteiger charge is -2.09. The van der Waals surface area contributed by atoms with Crippen LogP contribution in [0.15, 0.2) is 35.6 Å². The molecule has 2 rings (SSSR count). The van der Waals surface area contributed by atoms with E-state index >= 15 is 0 Å². The second-order valence-electron chi connectivity index (χ2n) is 3.38. The third-order valence-electron chi connectivity index (χ3n) is 2.19. The maximum Gasteiger partial charge on any atom is 0.240 e. The zero-order chi connectivity index (χ0) is 13.3. The molecule has 0 bridgehead atoms. The van der Waals surface area contributed by atoms with Gasteiger partial charge < -0.3 is 0 Å². The van der Waals surface area contributed by atoms with E-state index < -0.39 is 25.8 Å². The van der Waals surface area contributed by atoms with Crippen LogP contribution in [-0.2, 0) is 10.0 Å². The second kappa shape index (κ2) is 4.60. The van der Waals surface area contributed by atoms with Crippen molar-refractivity contribution in [1.82, 2.24) is 9.97 Å². The summed E-state index contributed by atoms with van der Waals surface area (Å²) < 4.78 is 36.3. The molecule has 1 aromatic carbocycles. The number of hydrogen-bond acceptors (Lipinski definition) is 4. The molecule has 0 saturated carbocycles. The summed E-state index contributed by atoms with van der Waals surface area (Å²) in [5.41, 5.74) is 0.419. The summed E-state index contributed by atoms with van der Waals surface area (Å²) in [6.07, 6.45) is 2.66. The van der Waals surface area contributed by atoms with Gasteiger partial charge in [0.1, 0.15) is 17.0 Å². The number of halogens is 2. The molecule has 0 aliphatic heterocycles. The first kappa shape index (κ1) is 12.9. The van der Waals surface area contributed by atoms with Crippen LogP contribution in [0.25, 0.3) is 11.3 Å². The van der Waals surface area contributed by atoms with Gasteiger partial charge in [0.15, 0.2) is 0 Å². The lowest BCUT2D eigenvalue weighted by Crippen LogP contribution is -2.15. The van der Waals surface area contributed by atoms with Gasteiger partial charge in [-0.15, -0.1) is 0 Å². The molecule has 0 aliphatic carbocycles. The summed E-state index contributed by atoms with van der Waals surface area (Å²) in [7, 11) is -4.17. The number of sulfonamides is 1. The van der Waals surface area contributed by atoms with Gasteiger partial charge >= 0.3 is 0 Å². The van der Waals surface area contributed by atoms with E-state index in [1.165, 1.54) is 24.7 Å². The minimum Gasteiger partial charge on any atom is -0.245 e. The van der Waals surface area contributed by atoms with Gasteiger partial charge in [0.2, 0.25) is 10.0 Å². The molecule has 0 aliphatic rings. The van der Waals surface area contributed by atoms with Gasteiger partial charge in [-0.1, -0.05) is 11.6 Å². The summed E-state index contributed by atoms with van der Waals surface area (Å²) >= 11 is 5.66. The summed E-state index contributed by atoms with van der Waals surface area (Å²) in [5.74, 6) is -0.863. The van der Waals surface area contributed by atoms with Crippen molar-refractivity contribution in [3.05, 3.63) is 41.6 Å². The van der Waals surface area contributed by atoms with Gasteiger partial charge in [0.25, 0.3) is 0 Å². The van der Waals surface area contributed by atoms with E-state index in [2.05, 4.69) is 9.97 Å². The van der Waals surface area contributed by atoms with Crippen LogP contribution in [0.2, 0.25) is 5.02 Å². The molecule has 8 heteroatoms. The summed E-state index contributed by atoms with van der Waals surface area (Å²) in [5, 5.41) is 4.49. The first-order valence-corrected chi connectivity index (χ1v) is 6.61. The van der Waals surface area contributed by atoms with E-state index in [0.29, 0.717) is 0 Å². The molecule has 2 N–H and O–H groups in total. The lowest BCUT2D eigenvalue weighted by atomic mass is 10.1. The average molecular weight is 288 g/mol. The molecular formula is C10H7ClFN3O2S. The zero-order valence-electron chi connectivity index (χ0n) is 8.84. The number of benzene rings is 1. The average Bonchev–Trinajstić information content (AvgIpc) is 2.32. The second-order valence-corrected chi connectivity index (χ2v) is 5.25. The Morgan fingerprint density at radius 3 is 2.56 bits per heavy atom. The number of primary sulfonamides is 1. The van der Waals surface area contributed by atoms with Crippen molar-refractivity contribution in [2.75, 3.05) is 0 Å². The Kier molecular flexibility index (Phi) is 3.29. The van der Waals surface area contributed by atoms with Crippen LogP contribution in [0, 0.1) is 5.82 Å². The first-order chi connectivity index (χ1) is 8.41. The monoisotopic (exact) mass is 287 g/mol. The smallest absolute Gasteiger partial charge is 0.240 e. The van der Waals surface area contributed by atoms with Crippen molar-refractivity contribution < 1.29 is 12.8 Å². The molecule has 2 aromatic rings. The van der Waals surface area contributed by atoms with Gasteiger partial charge in [0, 0.05) is 11.8 Å². The highest BCUT2D eigenvalue weighted by Crippen LogP contribution is 2.32. The zero-order valence-corrected chi connectivity index (χ0v) is 10.4. The molecule has 0 saturated heterocycles. The molecule has 1 heterocycles. The van der Waals surface area contributed by atoms with Crippen molar-refractivity contribution >= 4 is 21.6 Å². The number of hydrogen-bond donors (Lipinski definition) is 1. The normalized spacial score (nSPS) is 11.5. The molecule has 18 heavy (non-hydrogen) atoms. The van der Waals surface area contributed by atoms with Crippen molar-refractivity contribution in [3.63, 3.8) is 0 Å². The van der Waals surface area contributed by atoms with E-state index in [1.54, 1.807) is 0 Å². The molecule has 0 amide bonds. The maximum absolute atomic E-state index is 13.3. The highest BCUT2D eigenvalue weighted by molar-refractivity contribution is 7.89. The Balaban J connectivity index is 2.82. The molecular weight excluding hydrogens is 281 g/mol. The number of nitrogens with zero attached hydrogens (tertiary/aromatic N) is 2. The molecule has 0 atom stereocenters. The van der Waals surface area contributed by atoms with Crippen molar-refractivity contribution in [3.8, 4) is 11.3 Å². The minimum absolute atomic E-state index is 0.131. The SMILES string of the molecule is NS(=O)(=O)c1c(-c2ccncn2)ccc(F)c1Cl. The van der Waals surface area contributed by atoms with E-state index in [1.807, 2.05) is 0 Å². The molecule has 1 aromatic heterocycles. The fourth-order valence-electron chi connectivity index (χ4n) is 1.46. The van der Waals surface area contributed by atoms with E-state index in [4.69, 9.17) is 16.7 Å². The van der Waals surface area contributed by atoms with Gasteiger partial charge in [0.05, 0.1) is 10.7 Å². The van der Waals surface area contributed by atoms with Crippen LogP contribution < -0.4 is 5.14 Å². The fourth-order valence-corrected chi connectivity index (χ4v) is 2.78. The van der Waals surface area contributed by atoms with Crippen molar-refractivity contribution in [2.24, 2.45) is 5.14 Å². The fraction of sp³-hybridized carbons (Fsp3) is 0. The highest BCUT2D eigenvalue weighted by atomic mass is 35.5. The summed E-state index contributed by atoms with van der Waals surface area (Å²) in [6, 6.07) is 3.77. The van der Waals surface area contributed by atoms with E-state index in [-0.39, 0.29) is 11.3 Å². The van der Waals surface area contributed by atoms with Crippen LogP contribution in [-0.4, -0.2) is 18.4 Å². The third-order valence-corrected chi connectivity index (χ3v) is 3.67. The summed E-state index contributed by atoms with van der Waals surface area (Å²) in [6.45, 7) is 0. The van der Waals surface area contributed by atoms with Gasteiger partial charge in [-0.3, -0.25) is 0 Å². The predicted octanol–water partition coefficient (Wildman–Crippen LogP) is 1.58. The Morgan fingerprint density at radius 1 is 1.28 bits per heavy atom. The molecule has 0 unspecified atom stereocenters. The summed E-state index contributed by atoms with van der Waals surface area (Å²) in [4.78, 5) is 7.10. The van der Waals surface area contributed by atoms with E-state index in [9.17, 15) is 12.8 Å². The third kappa shape index (κ3) is 2.33. The lowest BCUT2D eigenvalue weighted by molar-refractivity contribution is 0.593. The Hall–Kier alpha value is -1.57. The number of aromatic nitrogens is 2. The highest BCUT2D eigenvalue weighted by Gasteiger charge is 2.22. The molecule has 0 fully saturated rings. The molecule has 0 radical (unpaired) electrons. The standard InChI is InChI=1S/C10H7ClFN3O2S/c11-9-7(12)2-1-6(10(9)18(13,16)17)8-3-4-14-5-15-8/h1-5H,(H2,13,16,17). The van der Waals surface area contributed by atoms with Crippen LogP contribution in [0.1, 0.15) is 0 Å². The molecule has 94 valence electrons. The molecule has 0 spiro atoms.